The number of nitrogens with zero attached hydrogens (tertiary/aromatic N) is 6. The molecular weight excluding hydrogens is 669 g/mol. The van der Waals surface area contributed by atoms with Crippen molar-refractivity contribution < 1.29 is 23.1 Å². The zero-order valence-electron chi connectivity index (χ0n) is 28.9. The third kappa shape index (κ3) is 8.89. The van der Waals surface area contributed by atoms with Gasteiger partial charge in [-0.1, -0.05) is 30.3 Å². The number of carbonyl (C=O) groups is 1. The van der Waals surface area contributed by atoms with E-state index in [1.807, 2.05) is 48.5 Å². The molecule has 0 bridgehead atoms. The van der Waals surface area contributed by atoms with Crippen molar-refractivity contribution in [2.24, 2.45) is 0 Å². The second kappa shape index (κ2) is 16.0. The summed E-state index contributed by atoms with van der Waals surface area (Å²) < 4.78 is 35.9. The van der Waals surface area contributed by atoms with Crippen molar-refractivity contribution in [2.75, 3.05) is 39.0 Å². The summed E-state index contributed by atoms with van der Waals surface area (Å²) in [6.45, 7) is 5.84. The molecule has 1 aliphatic heterocycles. The van der Waals surface area contributed by atoms with E-state index in [0.29, 0.717) is 23.4 Å². The SMILES string of the molecule is CC(=O)O.CN1CCN(C2CCC(n3nc(-c4ccc(Oc5ccc(CNS(=O)(=O)c6ccccc6)cc5)cc4)c4c(N)ncnc43)CC2)CC1. The lowest BCUT2D eigenvalue weighted by atomic mass is 9.90. The van der Waals surface area contributed by atoms with Gasteiger partial charge < -0.3 is 20.5 Å². The Morgan fingerprint density at radius 1 is 0.882 bits per heavy atom. The molecule has 1 aliphatic carbocycles. The van der Waals surface area contributed by atoms with Crippen LogP contribution < -0.4 is 15.2 Å². The van der Waals surface area contributed by atoms with E-state index in [1.165, 1.54) is 6.33 Å². The summed E-state index contributed by atoms with van der Waals surface area (Å²) in [5.74, 6) is 0.905. The number of carboxylic acids is 1. The third-order valence-electron chi connectivity index (χ3n) is 9.39. The molecule has 1 saturated carbocycles. The molecule has 1 saturated heterocycles. The molecule has 0 amide bonds. The molecule has 2 aliphatic rings. The quantitative estimate of drug-likeness (QED) is 0.184. The predicted molar refractivity (Wildman–Crippen MR) is 196 cm³/mol. The van der Waals surface area contributed by atoms with Crippen LogP contribution in [-0.2, 0) is 21.4 Å². The summed E-state index contributed by atoms with van der Waals surface area (Å²) in [5, 5.41) is 13.3. The van der Waals surface area contributed by atoms with Crippen LogP contribution in [0.2, 0.25) is 0 Å². The second-order valence-electron chi connectivity index (χ2n) is 13.0. The minimum Gasteiger partial charge on any atom is -0.481 e. The highest BCUT2D eigenvalue weighted by Crippen LogP contribution is 2.37. The van der Waals surface area contributed by atoms with Gasteiger partial charge in [0.25, 0.3) is 5.97 Å². The lowest BCUT2D eigenvalue weighted by molar-refractivity contribution is -0.134. The average Bonchev–Trinajstić information content (AvgIpc) is 3.53. The number of sulfonamides is 1. The minimum atomic E-state index is -3.58. The van der Waals surface area contributed by atoms with Crippen LogP contribution in [0.25, 0.3) is 22.3 Å². The topological polar surface area (TPSA) is 169 Å². The van der Waals surface area contributed by atoms with Gasteiger partial charge in [-0.15, -0.1) is 0 Å². The zero-order chi connectivity index (χ0) is 36.0. The molecule has 14 heteroatoms. The van der Waals surface area contributed by atoms with E-state index in [9.17, 15) is 8.42 Å². The number of fused-ring (bicyclic) bond motifs is 1. The molecule has 5 aromatic rings. The molecule has 0 spiro atoms. The number of nitrogen functional groups attached to an aromatic ring is 1. The average molecular weight is 713 g/mol. The number of aliphatic carboxylic acids is 1. The molecular formula is C37H44N8O5S. The number of anilines is 1. The number of ether oxygens (including phenoxy) is 1. The highest BCUT2D eigenvalue weighted by Gasteiger charge is 2.30. The second-order valence-corrected chi connectivity index (χ2v) is 14.7. The lowest BCUT2D eigenvalue weighted by Gasteiger charge is -2.41. The fourth-order valence-corrected chi connectivity index (χ4v) is 7.70. The van der Waals surface area contributed by atoms with Gasteiger partial charge in [-0.05, 0) is 86.8 Å². The molecule has 0 atom stereocenters. The number of hydrogen-bond donors (Lipinski definition) is 3. The van der Waals surface area contributed by atoms with Gasteiger partial charge in [-0.2, -0.15) is 5.10 Å². The van der Waals surface area contributed by atoms with E-state index >= 15 is 0 Å². The summed E-state index contributed by atoms with van der Waals surface area (Å²) in [4.78, 5) is 23.2. The van der Waals surface area contributed by atoms with E-state index in [-0.39, 0.29) is 17.5 Å². The van der Waals surface area contributed by atoms with Crippen molar-refractivity contribution in [3.8, 4) is 22.8 Å². The van der Waals surface area contributed by atoms with Gasteiger partial charge in [0.2, 0.25) is 10.0 Å². The van der Waals surface area contributed by atoms with Crippen molar-refractivity contribution in [1.29, 1.82) is 0 Å². The van der Waals surface area contributed by atoms with Crippen molar-refractivity contribution >= 4 is 32.8 Å². The number of carboxylic acid groups (broad SMARTS) is 1. The Kier molecular flexibility index (Phi) is 11.3. The van der Waals surface area contributed by atoms with Gasteiger partial charge in [0.15, 0.2) is 5.65 Å². The maximum Gasteiger partial charge on any atom is 0.300 e. The summed E-state index contributed by atoms with van der Waals surface area (Å²) in [6.07, 6.45) is 5.95. The molecule has 0 unspecified atom stereocenters. The first-order chi connectivity index (χ1) is 24.6. The number of hydrogen-bond acceptors (Lipinski definition) is 10. The van der Waals surface area contributed by atoms with Gasteiger partial charge >= 0.3 is 0 Å². The first-order valence-corrected chi connectivity index (χ1v) is 18.6. The predicted octanol–water partition coefficient (Wildman–Crippen LogP) is 5.17. The molecule has 0 radical (unpaired) electrons. The third-order valence-corrected chi connectivity index (χ3v) is 10.8. The number of likely N-dealkylation sites (N-methyl/N-ethyl adjacent to an activating group) is 1. The minimum absolute atomic E-state index is 0.178. The Balaban J connectivity index is 0.00000107. The molecule has 51 heavy (non-hydrogen) atoms. The van der Waals surface area contributed by atoms with E-state index in [4.69, 9.17) is 25.5 Å². The van der Waals surface area contributed by atoms with Crippen LogP contribution in [0.4, 0.5) is 5.82 Å². The maximum absolute atomic E-state index is 12.5. The van der Waals surface area contributed by atoms with Gasteiger partial charge in [0.1, 0.15) is 29.3 Å². The summed E-state index contributed by atoms with van der Waals surface area (Å²) >= 11 is 0. The molecule has 13 nitrogen and oxygen atoms in total. The van der Waals surface area contributed by atoms with Gasteiger partial charge in [0.05, 0.1) is 16.3 Å². The van der Waals surface area contributed by atoms with E-state index < -0.39 is 16.0 Å². The van der Waals surface area contributed by atoms with Crippen LogP contribution in [-0.4, -0.2) is 88.3 Å². The van der Waals surface area contributed by atoms with E-state index in [0.717, 1.165) is 86.6 Å². The van der Waals surface area contributed by atoms with Crippen LogP contribution in [0.3, 0.4) is 0 Å². The summed E-state index contributed by atoms with van der Waals surface area (Å²) in [7, 11) is -1.38. The number of rotatable bonds is 9. The Labute approximate surface area is 298 Å². The Hall–Kier alpha value is -4.89. The molecule has 3 heterocycles. The lowest BCUT2D eigenvalue weighted by Crippen LogP contribution is -2.49. The van der Waals surface area contributed by atoms with Gasteiger partial charge in [0, 0.05) is 51.3 Å². The van der Waals surface area contributed by atoms with Crippen molar-refractivity contribution in [2.45, 2.75) is 56.1 Å². The Morgan fingerprint density at radius 3 is 2.10 bits per heavy atom. The van der Waals surface area contributed by atoms with Crippen molar-refractivity contribution in [3.63, 3.8) is 0 Å². The summed E-state index contributed by atoms with van der Waals surface area (Å²) in [5.41, 5.74) is 9.69. The van der Waals surface area contributed by atoms with Crippen LogP contribution in [0.1, 0.15) is 44.2 Å². The zero-order valence-corrected chi connectivity index (χ0v) is 29.7. The van der Waals surface area contributed by atoms with E-state index in [1.54, 1.807) is 30.3 Å². The number of nitrogens with one attached hydrogen (secondary N) is 1. The van der Waals surface area contributed by atoms with Crippen molar-refractivity contribution in [1.82, 2.24) is 34.3 Å². The molecule has 2 fully saturated rings. The van der Waals surface area contributed by atoms with E-state index in [2.05, 4.69) is 36.2 Å². The first kappa shape index (κ1) is 35.9. The molecule has 4 N–H and O–H groups in total. The standard InChI is InChI=1S/C35H40N8O3S.C2H4O2/c1-41-19-21-42(22-20-41)27-11-13-28(14-12-27)43-35-32(34(36)37-24-38-35)33(40-43)26-9-17-30(18-10-26)46-29-15-7-25(8-16-29)23-39-47(44,45)31-5-3-2-4-6-31;1-2(3)4/h2-10,15-18,24,27-28,39H,11-14,19-23H2,1H3,(H2,36,37,38);1H3,(H,3,4). The largest absolute Gasteiger partial charge is 0.481 e. The fraction of sp³-hybridized carbons (Fsp3) is 0.351. The summed E-state index contributed by atoms with van der Waals surface area (Å²) in [6, 6.07) is 24.3. The number of piperazine rings is 1. The van der Waals surface area contributed by atoms with Crippen LogP contribution in [0.15, 0.2) is 90.1 Å². The molecule has 2 aromatic heterocycles. The number of benzene rings is 3. The first-order valence-electron chi connectivity index (χ1n) is 17.1. The van der Waals surface area contributed by atoms with Crippen molar-refractivity contribution in [3.05, 3.63) is 90.8 Å². The smallest absolute Gasteiger partial charge is 0.300 e. The van der Waals surface area contributed by atoms with Gasteiger partial charge in [-0.25, -0.2) is 27.8 Å². The Morgan fingerprint density at radius 2 is 1.47 bits per heavy atom. The highest BCUT2D eigenvalue weighted by atomic mass is 32.2. The van der Waals surface area contributed by atoms with Crippen LogP contribution in [0, 0.1) is 0 Å². The maximum atomic E-state index is 12.5. The van der Waals surface area contributed by atoms with Gasteiger partial charge in [-0.3, -0.25) is 9.69 Å². The normalized spacial score (nSPS) is 18.5. The number of aromatic nitrogens is 4. The monoisotopic (exact) mass is 712 g/mol. The number of nitrogens with two attached hydrogens (primary N) is 1. The van der Waals surface area contributed by atoms with Crippen LogP contribution >= 0.6 is 0 Å². The molecule has 268 valence electrons. The highest BCUT2D eigenvalue weighted by molar-refractivity contribution is 7.89. The molecule has 3 aromatic carbocycles. The fourth-order valence-electron chi connectivity index (χ4n) is 6.66. The molecule has 7 rings (SSSR count). The Bertz CT molecular complexity index is 2020. The van der Waals surface area contributed by atoms with Crippen LogP contribution in [0.5, 0.6) is 11.5 Å².